The van der Waals surface area contributed by atoms with E-state index in [2.05, 4.69) is 4.98 Å². The van der Waals surface area contributed by atoms with Crippen LogP contribution in [0.1, 0.15) is 0 Å². The van der Waals surface area contributed by atoms with Gasteiger partial charge in [-0.15, -0.1) is 0 Å². The Morgan fingerprint density at radius 3 is 1.90 bits per heavy atom. The summed E-state index contributed by atoms with van der Waals surface area (Å²) < 4.78 is 117. The maximum atomic E-state index is 13.4. The Kier molecular flexibility index (Phi) is 3.59. The van der Waals surface area contributed by atoms with Gasteiger partial charge in [-0.2, -0.15) is 26.9 Å². The first-order valence-corrected chi connectivity index (χ1v) is 4.92. The molecular formula is C10HF9N2. The average Bonchev–Trinajstić information content (AvgIpc) is 2.46. The minimum absolute atomic E-state index is 0.936. The van der Waals surface area contributed by atoms with E-state index in [-0.39, 0.29) is 0 Å². The molecule has 0 fully saturated rings. The Hall–Kier alpha value is -2.20. The first kappa shape index (κ1) is 15.2. The number of halogens is 9. The van der Waals surface area contributed by atoms with Crippen LogP contribution in [0.4, 0.5) is 45.3 Å². The molecule has 2 rings (SSSR count). The molecule has 1 aliphatic rings. The number of aromatic nitrogens is 1. The lowest BCUT2D eigenvalue weighted by Crippen LogP contribution is -2.36. The Morgan fingerprint density at radius 1 is 0.762 bits per heavy atom. The normalized spacial score (nSPS) is 19.7. The minimum Gasteiger partial charge on any atom is -0.259 e. The molecule has 0 bridgehead atoms. The third-order valence-electron chi connectivity index (χ3n) is 2.43. The van der Waals surface area contributed by atoms with E-state index < -0.39 is 63.8 Å². The summed E-state index contributed by atoms with van der Waals surface area (Å²) in [5, 5.41) is 0. The lowest BCUT2D eigenvalue weighted by molar-refractivity contribution is 0.269. The van der Waals surface area contributed by atoms with Gasteiger partial charge in [-0.1, -0.05) is 0 Å². The SMILES string of the molecule is FC1=C(F)C(F)N(c2nc(F)c(F)c(F)c2F)C(F)=C1F. The van der Waals surface area contributed by atoms with Gasteiger partial charge in [-0.05, 0) is 0 Å². The molecule has 11 heteroatoms. The lowest BCUT2D eigenvalue weighted by Gasteiger charge is -2.27. The minimum atomic E-state index is -3.49. The fraction of sp³-hybridized carbons (Fsp3) is 0.100. The molecular weight excluding hydrogens is 319 g/mol. The zero-order chi connectivity index (χ0) is 16.1. The number of nitrogens with zero attached hydrogens (tertiary/aromatic N) is 2. The van der Waals surface area contributed by atoms with Gasteiger partial charge in [0.2, 0.25) is 35.5 Å². The smallest absolute Gasteiger partial charge is 0.254 e. The number of alkyl halides is 1. The van der Waals surface area contributed by atoms with Crippen LogP contribution in [0.2, 0.25) is 0 Å². The van der Waals surface area contributed by atoms with Crippen molar-refractivity contribution in [2.24, 2.45) is 0 Å². The van der Waals surface area contributed by atoms with Gasteiger partial charge in [-0.25, -0.2) is 17.6 Å². The van der Waals surface area contributed by atoms with Crippen LogP contribution in [-0.4, -0.2) is 11.3 Å². The maximum absolute atomic E-state index is 13.4. The van der Waals surface area contributed by atoms with E-state index in [1.165, 1.54) is 0 Å². The van der Waals surface area contributed by atoms with Crippen LogP contribution in [0, 0.1) is 23.4 Å². The van der Waals surface area contributed by atoms with Crippen molar-refractivity contribution in [2.75, 3.05) is 4.90 Å². The molecule has 1 unspecified atom stereocenters. The molecule has 0 radical (unpaired) electrons. The number of anilines is 1. The maximum Gasteiger partial charge on any atom is 0.254 e. The largest absolute Gasteiger partial charge is 0.259 e. The molecule has 0 saturated heterocycles. The number of rotatable bonds is 1. The zero-order valence-corrected chi connectivity index (χ0v) is 9.37. The van der Waals surface area contributed by atoms with Gasteiger partial charge in [0.05, 0.1) is 0 Å². The predicted molar refractivity (Wildman–Crippen MR) is 49.9 cm³/mol. The Balaban J connectivity index is 2.69. The van der Waals surface area contributed by atoms with Crippen molar-refractivity contribution in [1.29, 1.82) is 0 Å². The fourth-order valence-electron chi connectivity index (χ4n) is 1.45. The molecule has 1 aromatic heterocycles. The quantitative estimate of drug-likeness (QED) is 0.441. The zero-order valence-electron chi connectivity index (χ0n) is 9.37. The van der Waals surface area contributed by atoms with Gasteiger partial charge < -0.3 is 0 Å². The lowest BCUT2D eigenvalue weighted by atomic mass is 10.2. The van der Waals surface area contributed by atoms with E-state index in [9.17, 15) is 39.5 Å². The first-order chi connectivity index (χ1) is 9.68. The van der Waals surface area contributed by atoms with E-state index in [1.807, 2.05) is 0 Å². The van der Waals surface area contributed by atoms with Crippen LogP contribution < -0.4 is 4.90 Å². The molecule has 2 heterocycles. The number of allylic oxidation sites excluding steroid dienone is 2. The predicted octanol–water partition coefficient (Wildman–Crippen LogP) is 4.01. The van der Waals surface area contributed by atoms with Gasteiger partial charge in [0.1, 0.15) is 0 Å². The van der Waals surface area contributed by atoms with E-state index in [0.29, 0.717) is 0 Å². The molecule has 114 valence electrons. The summed E-state index contributed by atoms with van der Waals surface area (Å²) in [5.74, 6) is -21.8. The second-order valence-corrected chi connectivity index (χ2v) is 3.64. The summed E-state index contributed by atoms with van der Waals surface area (Å²) in [4.78, 5) is 1.39. The second-order valence-electron chi connectivity index (χ2n) is 3.64. The third-order valence-corrected chi connectivity index (χ3v) is 2.43. The summed E-state index contributed by atoms with van der Waals surface area (Å²) in [6.45, 7) is 0. The van der Waals surface area contributed by atoms with Crippen LogP contribution in [0.25, 0.3) is 0 Å². The topological polar surface area (TPSA) is 16.1 Å². The number of pyridine rings is 1. The third kappa shape index (κ3) is 2.12. The molecule has 1 atom stereocenters. The van der Waals surface area contributed by atoms with Crippen LogP contribution >= 0.6 is 0 Å². The monoisotopic (exact) mass is 320 g/mol. The van der Waals surface area contributed by atoms with Crippen molar-refractivity contribution in [3.8, 4) is 0 Å². The summed E-state index contributed by atoms with van der Waals surface area (Å²) in [7, 11) is 0. The molecule has 2 nitrogen and oxygen atoms in total. The fourth-order valence-corrected chi connectivity index (χ4v) is 1.45. The summed E-state index contributed by atoms with van der Waals surface area (Å²) >= 11 is 0. The molecule has 1 aliphatic heterocycles. The van der Waals surface area contributed by atoms with Crippen molar-refractivity contribution in [3.63, 3.8) is 0 Å². The van der Waals surface area contributed by atoms with Gasteiger partial charge in [0, 0.05) is 0 Å². The van der Waals surface area contributed by atoms with E-state index in [1.54, 1.807) is 0 Å². The van der Waals surface area contributed by atoms with E-state index >= 15 is 0 Å². The van der Waals surface area contributed by atoms with Gasteiger partial charge >= 0.3 is 0 Å². The molecule has 1 aromatic rings. The Labute approximate surface area is 109 Å². The molecule has 0 aromatic carbocycles. The highest BCUT2D eigenvalue weighted by molar-refractivity contribution is 5.53. The van der Waals surface area contributed by atoms with Crippen LogP contribution in [0.15, 0.2) is 23.4 Å². The van der Waals surface area contributed by atoms with Crippen molar-refractivity contribution in [1.82, 2.24) is 4.98 Å². The molecule has 0 saturated carbocycles. The van der Waals surface area contributed by atoms with Gasteiger partial charge in [0.25, 0.3) is 5.95 Å². The van der Waals surface area contributed by atoms with Crippen LogP contribution in [0.3, 0.4) is 0 Å². The standard InChI is InChI=1S/C10HF9N2/c11-1-3(13)7(17)20-10(6(1)16)21-8(18)4(14)2(12)5(15)9(21)19/h8H. The summed E-state index contributed by atoms with van der Waals surface area (Å²) in [5.41, 5.74) is 0. The highest BCUT2D eigenvalue weighted by Gasteiger charge is 2.41. The molecule has 0 aliphatic carbocycles. The first-order valence-electron chi connectivity index (χ1n) is 4.92. The second kappa shape index (κ2) is 4.97. The average molecular weight is 320 g/mol. The number of hydrogen-bond acceptors (Lipinski definition) is 2. The van der Waals surface area contributed by atoms with Crippen molar-refractivity contribution < 1.29 is 39.5 Å². The molecule has 0 amide bonds. The molecule has 0 N–H and O–H groups in total. The Bertz CT molecular complexity index is 682. The summed E-state index contributed by atoms with van der Waals surface area (Å²) in [6.07, 6.45) is -3.49. The van der Waals surface area contributed by atoms with Crippen molar-refractivity contribution in [3.05, 3.63) is 46.8 Å². The summed E-state index contributed by atoms with van der Waals surface area (Å²) in [6, 6.07) is 0. The van der Waals surface area contributed by atoms with E-state index in [4.69, 9.17) is 0 Å². The van der Waals surface area contributed by atoms with Crippen LogP contribution in [-0.2, 0) is 0 Å². The number of hydrogen-bond donors (Lipinski definition) is 0. The van der Waals surface area contributed by atoms with Crippen molar-refractivity contribution >= 4 is 5.82 Å². The van der Waals surface area contributed by atoms with Crippen molar-refractivity contribution in [2.45, 2.75) is 6.30 Å². The Morgan fingerprint density at radius 2 is 1.33 bits per heavy atom. The van der Waals surface area contributed by atoms with Gasteiger partial charge in [0.15, 0.2) is 17.5 Å². The highest BCUT2D eigenvalue weighted by Crippen LogP contribution is 2.39. The molecule has 0 spiro atoms. The molecule has 21 heavy (non-hydrogen) atoms. The van der Waals surface area contributed by atoms with Gasteiger partial charge in [-0.3, -0.25) is 4.90 Å². The van der Waals surface area contributed by atoms with E-state index in [0.717, 1.165) is 0 Å². The highest BCUT2D eigenvalue weighted by atomic mass is 19.2. The van der Waals surface area contributed by atoms with Crippen LogP contribution in [0.5, 0.6) is 0 Å².